The summed E-state index contributed by atoms with van der Waals surface area (Å²) in [7, 11) is 0. The Morgan fingerprint density at radius 1 is 0.958 bits per heavy atom. The Morgan fingerprint density at radius 2 is 1.71 bits per heavy atom. The van der Waals surface area contributed by atoms with Gasteiger partial charge in [-0.3, -0.25) is 9.59 Å². The van der Waals surface area contributed by atoms with Gasteiger partial charge in [-0.1, -0.05) is 19.3 Å². The Kier molecular flexibility index (Phi) is 4.54. The van der Waals surface area contributed by atoms with Crippen molar-refractivity contribution in [3.63, 3.8) is 0 Å². The quantitative estimate of drug-likeness (QED) is 0.825. The van der Waals surface area contributed by atoms with Crippen LogP contribution in [-0.4, -0.2) is 41.9 Å². The predicted molar refractivity (Wildman–Crippen MR) is 92.0 cm³/mol. The maximum absolute atomic E-state index is 12.7. The number of hydrogen-bond donors (Lipinski definition) is 2. The SMILES string of the molecule is NC1C2CCC(C2)C1C(=O)NC1CCN(C(=O)C2CCCCC2)C1. The highest BCUT2D eigenvalue weighted by molar-refractivity contribution is 5.82. The highest BCUT2D eigenvalue weighted by Crippen LogP contribution is 2.47. The van der Waals surface area contributed by atoms with E-state index in [2.05, 4.69) is 5.32 Å². The van der Waals surface area contributed by atoms with Gasteiger partial charge in [-0.15, -0.1) is 0 Å². The zero-order valence-corrected chi connectivity index (χ0v) is 14.6. The second kappa shape index (κ2) is 6.66. The molecule has 0 spiro atoms. The average Bonchev–Trinajstić information content (AvgIpc) is 3.31. The molecular formula is C19H31N3O2. The van der Waals surface area contributed by atoms with Crippen LogP contribution >= 0.6 is 0 Å². The van der Waals surface area contributed by atoms with Crippen molar-refractivity contribution in [3.05, 3.63) is 0 Å². The predicted octanol–water partition coefficient (Wildman–Crippen LogP) is 1.66. The molecule has 0 radical (unpaired) electrons. The molecule has 5 atom stereocenters. The van der Waals surface area contributed by atoms with Crippen molar-refractivity contribution in [3.8, 4) is 0 Å². The number of nitrogens with two attached hydrogens (primary N) is 1. The van der Waals surface area contributed by atoms with Crippen LogP contribution in [0.3, 0.4) is 0 Å². The topological polar surface area (TPSA) is 75.4 Å². The van der Waals surface area contributed by atoms with Crippen LogP contribution in [0.4, 0.5) is 0 Å². The lowest BCUT2D eigenvalue weighted by atomic mass is 9.84. The summed E-state index contributed by atoms with van der Waals surface area (Å²) in [4.78, 5) is 27.3. The van der Waals surface area contributed by atoms with Crippen molar-refractivity contribution < 1.29 is 9.59 Å². The van der Waals surface area contributed by atoms with E-state index in [-0.39, 0.29) is 29.8 Å². The van der Waals surface area contributed by atoms with Crippen LogP contribution < -0.4 is 11.1 Å². The van der Waals surface area contributed by atoms with Crippen molar-refractivity contribution in [2.45, 2.75) is 69.9 Å². The number of nitrogens with zero attached hydrogens (tertiary/aromatic N) is 1. The summed E-state index contributed by atoms with van der Waals surface area (Å²) in [6.45, 7) is 1.49. The normalized spacial score (nSPS) is 39.4. The molecule has 1 aliphatic heterocycles. The number of nitrogens with one attached hydrogen (secondary N) is 1. The van der Waals surface area contributed by atoms with Crippen LogP contribution in [0.1, 0.15) is 57.8 Å². The first kappa shape index (κ1) is 16.4. The average molecular weight is 333 g/mol. The zero-order chi connectivity index (χ0) is 16.7. The van der Waals surface area contributed by atoms with Crippen molar-refractivity contribution in [1.82, 2.24) is 10.2 Å². The van der Waals surface area contributed by atoms with Crippen molar-refractivity contribution >= 4 is 11.8 Å². The Morgan fingerprint density at radius 3 is 2.42 bits per heavy atom. The van der Waals surface area contributed by atoms with Gasteiger partial charge in [-0.2, -0.15) is 0 Å². The summed E-state index contributed by atoms with van der Waals surface area (Å²) in [5.41, 5.74) is 6.29. The van der Waals surface area contributed by atoms with E-state index in [9.17, 15) is 9.59 Å². The molecule has 3 aliphatic carbocycles. The number of carbonyl (C=O) groups excluding carboxylic acids is 2. The van der Waals surface area contributed by atoms with E-state index in [1.54, 1.807) is 0 Å². The van der Waals surface area contributed by atoms with Crippen molar-refractivity contribution in [1.29, 1.82) is 0 Å². The molecule has 2 bridgehead atoms. The maximum Gasteiger partial charge on any atom is 0.225 e. The third-order valence-electron chi connectivity index (χ3n) is 7.08. The minimum Gasteiger partial charge on any atom is -0.351 e. The molecule has 4 fully saturated rings. The van der Waals surface area contributed by atoms with Gasteiger partial charge in [-0.05, 0) is 50.4 Å². The molecular weight excluding hydrogens is 302 g/mol. The molecule has 134 valence electrons. The molecule has 5 nitrogen and oxygen atoms in total. The van der Waals surface area contributed by atoms with Gasteiger partial charge in [0.25, 0.3) is 0 Å². The summed E-state index contributed by atoms with van der Waals surface area (Å²) in [5, 5.41) is 3.21. The van der Waals surface area contributed by atoms with Gasteiger partial charge in [0, 0.05) is 31.1 Å². The Hall–Kier alpha value is -1.10. The molecule has 0 aromatic carbocycles. The maximum atomic E-state index is 12.7. The molecule has 2 amide bonds. The van der Waals surface area contributed by atoms with Crippen LogP contribution in [0.5, 0.6) is 0 Å². The van der Waals surface area contributed by atoms with E-state index in [1.807, 2.05) is 4.90 Å². The highest BCUT2D eigenvalue weighted by atomic mass is 16.2. The van der Waals surface area contributed by atoms with Gasteiger partial charge in [0.05, 0.1) is 5.92 Å². The number of carbonyl (C=O) groups is 2. The van der Waals surface area contributed by atoms with Crippen molar-refractivity contribution in [2.24, 2.45) is 29.4 Å². The third kappa shape index (κ3) is 2.96. The molecule has 4 rings (SSSR count). The van der Waals surface area contributed by atoms with Crippen molar-refractivity contribution in [2.75, 3.05) is 13.1 Å². The van der Waals surface area contributed by atoms with Gasteiger partial charge in [-0.25, -0.2) is 0 Å². The molecule has 5 heteroatoms. The van der Waals surface area contributed by atoms with Crippen LogP contribution in [0.2, 0.25) is 0 Å². The fourth-order valence-corrected chi connectivity index (χ4v) is 5.71. The summed E-state index contributed by atoms with van der Waals surface area (Å²) < 4.78 is 0. The lowest BCUT2D eigenvalue weighted by Gasteiger charge is -2.29. The van der Waals surface area contributed by atoms with E-state index in [0.717, 1.165) is 38.6 Å². The smallest absolute Gasteiger partial charge is 0.225 e. The Balaban J connectivity index is 1.29. The summed E-state index contributed by atoms with van der Waals surface area (Å²) in [5.74, 6) is 1.75. The minimum atomic E-state index is 0.00634. The second-order valence-corrected chi connectivity index (χ2v) is 8.55. The third-order valence-corrected chi connectivity index (χ3v) is 7.08. The molecule has 1 saturated heterocycles. The van der Waals surface area contributed by atoms with E-state index >= 15 is 0 Å². The number of hydrogen-bond acceptors (Lipinski definition) is 3. The Bertz CT molecular complexity index is 501. The first-order valence-corrected chi connectivity index (χ1v) is 9.98. The van der Waals surface area contributed by atoms with Crippen LogP contribution in [0.25, 0.3) is 0 Å². The van der Waals surface area contributed by atoms with Gasteiger partial charge in [0.15, 0.2) is 0 Å². The van der Waals surface area contributed by atoms with E-state index in [0.29, 0.717) is 24.3 Å². The first-order valence-electron chi connectivity index (χ1n) is 9.98. The molecule has 3 N–H and O–H groups in total. The number of rotatable bonds is 3. The summed E-state index contributed by atoms with van der Waals surface area (Å²) in [6, 6.07) is 0.168. The molecule has 5 unspecified atom stereocenters. The molecule has 3 saturated carbocycles. The lowest BCUT2D eigenvalue weighted by molar-refractivity contribution is -0.136. The summed E-state index contributed by atoms with van der Waals surface area (Å²) in [6.07, 6.45) is 10.1. The fraction of sp³-hybridized carbons (Fsp3) is 0.895. The summed E-state index contributed by atoms with van der Waals surface area (Å²) >= 11 is 0. The lowest BCUT2D eigenvalue weighted by Crippen LogP contribution is -2.49. The van der Waals surface area contributed by atoms with Crippen LogP contribution in [-0.2, 0) is 9.59 Å². The molecule has 24 heavy (non-hydrogen) atoms. The van der Waals surface area contributed by atoms with Crippen LogP contribution in [0.15, 0.2) is 0 Å². The van der Waals surface area contributed by atoms with Gasteiger partial charge >= 0.3 is 0 Å². The first-order chi connectivity index (χ1) is 11.6. The monoisotopic (exact) mass is 333 g/mol. The number of likely N-dealkylation sites (tertiary alicyclic amines) is 1. The van der Waals surface area contributed by atoms with Gasteiger partial charge < -0.3 is 16.0 Å². The number of amides is 2. The second-order valence-electron chi connectivity index (χ2n) is 8.55. The molecule has 0 aromatic rings. The fourth-order valence-electron chi connectivity index (χ4n) is 5.71. The zero-order valence-electron chi connectivity index (χ0n) is 14.6. The van der Waals surface area contributed by atoms with E-state index in [4.69, 9.17) is 5.73 Å². The van der Waals surface area contributed by atoms with E-state index < -0.39 is 0 Å². The molecule has 1 heterocycles. The van der Waals surface area contributed by atoms with E-state index in [1.165, 1.54) is 25.7 Å². The number of fused-ring (bicyclic) bond motifs is 2. The largest absolute Gasteiger partial charge is 0.351 e. The highest BCUT2D eigenvalue weighted by Gasteiger charge is 2.49. The molecule has 4 aliphatic rings. The minimum absolute atomic E-state index is 0.00634. The van der Waals surface area contributed by atoms with Gasteiger partial charge in [0.1, 0.15) is 0 Å². The van der Waals surface area contributed by atoms with Gasteiger partial charge in [0.2, 0.25) is 11.8 Å². The molecule has 0 aromatic heterocycles. The standard InChI is InChI=1S/C19H31N3O2/c20-17-14-7-6-13(10-14)16(17)18(23)21-15-8-9-22(11-15)19(24)12-4-2-1-3-5-12/h12-17H,1-11,20H2,(H,21,23). The van der Waals surface area contributed by atoms with Crippen LogP contribution in [0, 0.1) is 23.7 Å². The Labute approximate surface area is 144 Å².